The summed E-state index contributed by atoms with van der Waals surface area (Å²) in [6, 6.07) is 6.74. The normalized spacial score (nSPS) is 17.0. The van der Waals surface area contributed by atoms with Crippen molar-refractivity contribution in [3.05, 3.63) is 29.3 Å². The van der Waals surface area contributed by atoms with Crippen LogP contribution >= 0.6 is 0 Å². The van der Waals surface area contributed by atoms with E-state index < -0.39 is 0 Å². The zero-order valence-electron chi connectivity index (χ0n) is 14.9. The molecule has 0 saturated carbocycles. The second-order valence-corrected chi connectivity index (χ2v) is 7.81. The van der Waals surface area contributed by atoms with E-state index in [4.69, 9.17) is 4.74 Å². The summed E-state index contributed by atoms with van der Waals surface area (Å²) >= 11 is 0. The van der Waals surface area contributed by atoms with Gasteiger partial charge in [0, 0.05) is 32.7 Å². The van der Waals surface area contributed by atoms with Crippen LogP contribution in [0.2, 0.25) is 0 Å². The Morgan fingerprint density at radius 1 is 1.18 bits per heavy atom. The first-order valence-electron chi connectivity index (χ1n) is 8.55. The highest BCUT2D eigenvalue weighted by atomic mass is 16.5. The minimum atomic E-state index is 0.103. The first kappa shape index (κ1) is 17.3. The lowest BCUT2D eigenvalue weighted by molar-refractivity contribution is 0.232. The number of hydrogen-bond donors (Lipinski definition) is 1. The van der Waals surface area contributed by atoms with E-state index in [-0.39, 0.29) is 5.41 Å². The lowest BCUT2D eigenvalue weighted by atomic mass is 9.85. The molecule has 1 aliphatic rings. The van der Waals surface area contributed by atoms with Crippen molar-refractivity contribution in [3.8, 4) is 5.75 Å². The van der Waals surface area contributed by atoms with Gasteiger partial charge in [0.2, 0.25) is 0 Å². The molecular formula is C19H32N2O. The zero-order chi connectivity index (χ0) is 16.2. The highest BCUT2D eigenvalue weighted by Gasteiger charge is 2.20. The van der Waals surface area contributed by atoms with Gasteiger partial charge in [0.1, 0.15) is 5.75 Å². The van der Waals surface area contributed by atoms with Gasteiger partial charge in [-0.15, -0.1) is 0 Å². The first-order chi connectivity index (χ1) is 10.4. The van der Waals surface area contributed by atoms with Crippen LogP contribution in [0.1, 0.15) is 45.7 Å². The van der Waals surface area contributed by atoms with Gasteiger partial charge in [-0.05, 0) is 28.5 Å². The van der Waals surface area contributed by atoms with E-state index in [1.165, 1.54) is 11.1 Å². The molecule has 1 aromatic rings. The smallest absolute Gasteiger partial charge is 0.123 e. The number of piperazine rings is 1. The third-order valence-electron chi connectivity index (χ3n) is 4.04. The molecule has 22 heavy (non-hydrogen) atoms. The summed E-state index contributed by atoms with van der Waals surface area (Å²) in [4.78, 5) is 2.52. The highest BCUT2D eigenvalue weighted by Crippen LogP contribution is 2.32. The number of nitrogens with one attached hydrogen (secondary N) is 1. The lowest BCUT2D eigenvalue weighted by Crippen LogP contribution is -2.42. The minimum absolute atomic E-state index is 0.103. The van der Waals surface area contributed by atoms with Crippen LogP contribution in [0.4, 0.5) is 0 Å². The zero-order valence-corrected chi connectivity index (χ0v) is 14.9. The Kier molecular flexibility index (Phi) is 5.87. The molecule has 0 aromatic heterocycles. The van der Waals surface area contributed by atoms with Gasteiger partial charge < -0.3 is 10.1 Å². The Bertz CT molecular complexity index is 471. The minimum Gasteiger partial charge on any atom is -0.493 e. The Labute approximate surface area is 136 Å². The summed E-state index contributed by atoms with van der Waals surface area (Å²) in [5.74, 6) is 1.60. The molecule has 0 bridgehead atoms. The SMILES string of the molecule is CC(C)COc1ccc(CN2CCNCC2)cc1C(C)(C)C. The van der Waals surface area contributed by atoms with Crippen molar-refractivity contribution < 1.29 is 4.74 Å². The molecule has 1 heterocycles. The molecule has 0 spiro atoms. The Morgan fingerprint density at radius 3 is 2.45 bits per heavy atom. The molecule has 3 heteroatoms. The van der Waals surface area contributed by atoms with Crippen molar-refractivity contribution in [1.29, 1.82) is 0 Å². The van der Waals surface area contributed by atoms with Crippen LogP contribution in [0, 0.1) is 5.92 Å². The molecule has 1 saturated heterocycles. The van der Waals surface area contributed by atoms with Gasteiger partial charge in [-0.25, -0.2) is 0 Å². The average Bonchev–Trinajstić information content (AvgIpc) is 2.46. The third-order valence-corrected chi connectivity index (χ3v) is 4.04. The maximum atomic E-state index is 6.05. The molecular weight excluding hydrogens is 272 g/mol. The molecule has 0 aliphatic carbocycles. The molecule has 1 fully saturated rings. The van der Waals surface area contributed by atoms with Crippen LogP contribution in [0.15, 0.2) is 18.2 Å². The van der Waals surface area contributed by atoms with Gasteiger partial charge in [0.05, 0.1) is 6.61 Å². The summed E-state index contributed by atoms with van der Waals surface area (Å²) in [7, 11) is 0. The van der Waals surface area contributed by atoms with Crippen LogP contribution < -0.4 is 10.1 Å². The van der Waals surface area contributed by atoms with E-state index in [2.05, 4.69) is 63.0 Å². The second kappa shape index (κ2) is 7.47. The number of ether oxygens (including phenoxy) is 1. The second-order valence-electron chi connectivity index (χ2n) is 7.81. The molecule has 3 nitrogen and oxygen atoms in total. The van der Waals surface area contributed by atoms with Crippen molar-refractivity contribution >= 4 is 0 Å². The largest absolute Gasteiger partial charge is 0.493 e. The van der Waals surface area contributed by atoms with Gasteiger partial charge in [0.15, 0.2) is 0 Å². The molecule has 1 N–H and O–H groups in total. The van der Waals surface area contributed by atoms with Gasteiger partial charge in [-0.2, -0.15) is 0 Å². The summed E-state index contributed by atoms with van der Waals surface area (Å²) < 4.78 is 6.05. The molecule has 1 aliphatic heterocycles. The predicted octanol–water partition coefficient (Wildman–Crippen LogP) is 3.42. The molecule has 2 rings (SSSR count). The topological polar surface area (TPSA) is 24.5 Å². The van der Waals surface area contributed by atoms with Crippen molar-refractivity contribution in [2.45, 2.75) is 46.6 Å². The van der Waals surface area contributed by atoms with Crippen LogP contribution in [0.5, 0.6) is 5.75 Å². The van der Waals surface area contributed by atoms with Crippen LogP contribution in [-0.2, 0) is 12.0 Å². The van der Waals surface area contributed by atoms with Crippen LogP contribution in [-0.4, -0.2) is 37.7 Å². The van der Waals surface area contributed by atoms with Crippen LogP contribution in [0.25, 0.3) is 0 Å². The van der Waals surface area contributed by atoms with Gasteiger partial charge >= 0.3 is 0 Å². The monoisotopic (exact) mass is 304 g/mol. The summed E-state index contributed by atoms with van der Waals surface area (Å²) in [5, 5.41) is 3.41. The van der Waals surface area contributed by atoms with Gasteiger partial charge in [-0.1, -0.05) is 46.8 Å². The molecule has 0 atom stereocenters. The van der Waals surface area contributed by atoms with Gasteiger partial charge in [0.25, 0.3) is 0 Å². The quantitative estimate of drug-likeness (QED) is 0.902. The Morgan fingerprint density at radius 2 is 1.86 bits per heavy atom. The molecule has 0 amide bonds. The van der Waals surface area contributed by atoms with E-state index in [1.54, 1.807) is 0 Å². The lowest BCUT2D eigenvalue weighted by Gasteiger charge is -2.29. The molecule has 0 radical (unpaired) electrons. The molecule has 124 valence electrons. The number of nitrogens with zero attached hydrogens (tertiary/aromatic N) is 1. The van der Waals surface area contributed by atoms with E-state index in [9.17, 15) is 0 Å². The highest BCUT2D eigenvalue weighted by molar-refractivity contribution is 5.41. The third kappa shape index (κ3) is 4.99. The van der Waals surface area contributed by atoms with E-state index in [0.29, 0.717) is 5.92 Å². The van der Waals surface area contributed by atoms with Crippen molar-refractivity contribution in [3.63, 3.8) is 0 Å². The van der Waals surface area contributed by atoms with E-state index in [0.717, 1.165) is 45.1 Å². The Balaban J connectivity index is 2.15. The number of benzene rings is 1. The van der Waals surface area contributed by atoms with E-state index in [1.807, 2.05) is 0 Å². The summed E-state index contributed by atoms with van der Waals surface area (Å²) in [6.07, 6.45) is 0. The fourth-order valence-electron chi connectivity index (χ4n) is 2.77. The first-order valence-corrected chi connectivity index (χ1v) is 8.55. The Hall–Kier alpha value is -1.06. The van der Waals surface area contributed by atoms with Gasteiger partial charge in [-0.3, -0.25) is 4.90 Å². The molecule has 0 unspecified atom stereocenters. The fraction of sp³-hybridized carbons (Fsp3) is 0.684. The van der Waals surface area contributed by atoms with Crippen molar-refractivity contribution in [1.82, 2.24) is 10.2 Å². The number of hydrogen-bond acceptors (Lipinski definition) is 3. The number of rotatable bonds is 5. The average molecular weight is 304 g/mol. The van der Waals surface area contributed by atoms with E-state index >= 15 is 0 Å². The standard InChI is InChI=1S/C19H32N2O/c1-15(2)14-22-18-7-6-16(12-17(18)19(3,4)5)13-21-10-8-20-9-11-21/h6-7,12,15,20H,8-11,13-14H2,1-5H3. The maximum absolute atomic E-state index is 6.05. The van der Waals surface area contributed by atoms with Crippen molar-refractivity contribution in [2.75, 3.05) is 32.8 Å². The maximum Gasteiger partial charge on any atom is 0.123 e. The molecule has 1 aromatic carbocycles. The van der Waals surface area contributed by atoms with Crippen molar-refractivity contribution in [2.24, 2.45) is 5.92 Å². The predicted molar refractivity (Wildman–Crippen MR) is 93.6 cm³/mol. The summed E-state index contributed by atoms with van der Waals surface area (Å²) in [6.45, 7) is 17.5. The summed E-state index contributed by atoms with van der Waals surface area (Å²) in [5.41, 5.74) is 2.82. The van der Waals surface area contributed by atoms with Crippen LogP contribution in [0.3, 0.4) is 0 Å². The fourth-order valence-corrected chi connectivity index (χ4v) is 2.77.